The molecule has 1 atom stereocenters. The van der Waals surface area contributed by atoms with Gasteiger partial charge in [0.15, 0.2) is 11.5 Å². The molecule has 1 aromatic carbocycles. The minimum Gasteiger partial charge on any atom is -0.490 e. The van der Waals surface area contributed by atoms with Gasteiger partial charge >= 0.3 is 0 Å². The number of hydrogen-bond donors (Lipinski definition) is 1. The SMILES string of the molecule is CNC(c1ccc2c(c1)OCCCO2)C1CCOCC1. The van der Waals surface area contributed by atoms with E-state index in [9.17, 15) is 0 Å². The predicted octanol–water partition coefficient (Wildman–Crippen LogP) is 2.54. The van der Waals surface area contributed by atoms with Gasteiger partial charge in [-0.05, 0) is 43.5 Å². The Bertz CT molecular complexity index is 443. The van der Waals surface area contributed by atoms with E-state index in [1.165, 1.54) is 5.56 Å². The highest BCUT2D eigenvalue weighted by Gasteiger charge is 2.25. The van der Waals surface area contributed by atoms with Crippen molar-refractivity contribution in [3.8, 4) is 11.5 Å². The number of fused-ring (bicyclic) bond motifs is 1. The number of nitrogens with one attached hydrogen (secondary N) is 1. The Kier molecular flexibility index (Phi) is 4.43. The molecule has 3 rings (SSSR count). The molecule has 4 heteroatoms. The highest BCUT2D eigenvalue weighted by Crippen LogP contribution is 2.36. The van der Waals surface area contributed by atoms with E-state index in [0.29, 0.717) is 12.0 Å². The second kappa shape index (κ2) is 6.46. The molecule has 0 radical (unpaired) electrons. The fourth-order valence-corrected chi connectivity index (χ4v) is 3.10. The van der Waals surface area contributed by atoms with E-state index in [4.69, 9.17) is 14.2 Å². The molecule has 1 unspecified atom stereocenters. The predicted molar refractivity (Wildman–Crippen MR) is 77.4 cm³/mol. The summed E-state index contributed by atoms with van der Waals surface area (Å²) in [6.45, 7) is 3.21. The second-order valence-electron chi connectivity index (χ2n) is 5.47. The topological polar surface area (TPSA) is 39.7 Å². The summed E-state index contributed by atoms with van der Waals surface area (Å²) in [6.07, 6.45) is 3.17. The number of hydrogen-bond acceptors (Lipinski definition) is 4. The van der Waals surface area contributed by atoms with E-state index in [-0.39, 0.29) is 0 Å². The largest absolute Gasteiger partial charge is 0.490 e. The van der Waals surface area contributed by atoms with Gasteiger partial charge in [-0.15, -0.1) is 0 Å². The Morgan fingerprint density at radius 3 is 2.55 bits per heavy atom. The van der Waals surface area contributed by atoms with Crippen LogP contribution in [0.3, 0.4) is 0 Å². The molecule has 0 aromatic heterocycles. The summed E-state index contributed by atoms with van der Waals surface area (Å²) < 4.78 is 17.0. The van der Waals surface area contributed by atoms with Crippen LogP contribution in [0.1, 0.15) is 30.9 Å². The van der Waals surface area contributed by atoms with E-state index in [0.717, 1.165) is 57.2 Å². The molecule has 1 saturated heterocycles. The van der Waals surface area contributed by atoms with Crippen molar-refractivity contribution in [2.45, 2.75) is 25.3 Å². The first-order valence-electron chi connectivity index (χ1n) is 7.53. The van der Waals surface area contributed by atoms with Crippen molar-refractivity contribution in [1.29, 1.82) is 0 Å². The van der Waals surface area contributed by atoms with Crippen LogP contribution in [0.15, 0.2) is 18.2 Å². The van der Waals surface area contributed by atoms with Crippen LogP contribution in [-0.4, -0.2) is 33.5 Å². The van der Waals surface area contributed by atoms with E-state index in [1.807, 2.05) is 13.1 Å². The van der Waals surface area contributed by atoms with Crippen LogP contribution in [0.5, 0.6) is 11.5 Å². The number of benzene rings is 1. The van der Waals surface area contributed by atoms with Gasteiger partial charge in [0.25, 0.3) is 0 Å². The minimum absolute atomic E-state index is 0.357. The van der Waals surface area contributed by atoms with Crippen LogP contribution in [0, 0.1) is 5.92 Å². The molecule has 4 nitrogen and oxygen atoms in total. The lowest BCUT2D eigenvalue weighted by Crippen LogP contribution is -2.30. The summed E-state index contributed by atoms with van der Waals surface area (Å²) >= 11 is 0. The molecule has 1 fully saturated rings. The van der Waals surface area contributed by atoms with E-state index in [1.54, 1.807) is 0 Å². The Hall–Kier alpha value is -1.26. The Balaban J connectivity index is 1.82. The maximum Gasteiger partial charge on any atom is 0.161 e. The first kappa shape index (κ1) is 13.7. The zero-order valence-corrected chi connectivity index (χ0v) is 12.1. The standard InChI is InChI=1S/C16H23NO3/c1-17-16(12-5-9-18-10-6-12)13-3-4-14-15(11-13)20-8-2-7-19-14/h3-4,11-12,16-17H,2,5-10H2,1H3. The first-order chi connectivity index (χ1) is 9.88. The summed E-state index contributed by atoms with van der Waals surface area (Å²) in [7, 11) is 2.03. The lowest BCUT2D eigenvalue weighted by Gasteiger charge is -2.30. The third kappa shape index (κ3) is 2.91. The molecule has 2 aliphatic heterocycles. The zero-order chi connectivity index (χ0) is 13.8. The minimum atomic E-state index is 0.357. The van der Waals surface area contributed by atoms with Crippen molar-refractivity contribution >= 4 is 0 Å². The van der Waals surface area contributed by atoms with Crippen LogP contribution >= 0.6 is 0 Å². The molecule has 0 saturated carbocycles. The van der Waals surface area contributed by atoms with E-state index >= 15 is 0 Å². The highest BCUT2D eigenvalue weighted by molar-refractivity contribution is 5.44. The van der Waals surface area contributed by atoms with Crippen LogP contribution in [0.2, 0.25) is 0 Å². The maximum absolute atomic E-state index is 5.79. The molecule has 0 bridgehead atoms. The van der Waals surface area contributed by atoms with Gasteiger partial charge in [-0.2, -0.15) is 0 Å². The zero-order valence-electron chi connectivity index (χ0n) is 12.1. The van der Waals surface area contributed by atoms with Crippen LogP contribution in [0.4, 0.5) is 0 Å². The van der Waals surface area contributed by atoms with Gasteiger partial charge in [0.05, 0.1) is 13.2 Å². The Labute approximate surface area is 120 Å². The normalized spacial score (nSPS) is 21.2. The third-order valence-electron chi connectivity index (χ3n) is 4.18. The van der Waals surface area contributed by atoms with Gasteiger partial charge < -0.3 is 19.5 Å². The quantitative estimate of drug-likeness (QED) is 0.921. The third-order valence-corrected chi connectivity index (χ3v) is 4.18. The fourth-order valence-electron chi connectivity index (χ4n) is 3.10. The van der Waals surface area contributed by atoms with Crippen molar-refractivity contribution in [3.05, 3.63) is 23.8 Å². The van der Waals surface area contributed by atoms with Gasteiger partial charge in [-0.25, -0.2) is 0 Å². The van der Waals surface area contributed by atoms with E-state index in [2.05, 4.69) is 17.4 Å². The molecule has 110 valence electrons. The van der Waals surface area contributed by atoms with Gasteiger partial charge in [-0.3, -0.25) is 0 Å². The van der Waals surface area contributed by atoms with E-state index < -0.39 is 0 Å². The Morgan fingerprint density at radius 1 is 1.05 bits per heavy atom. The molecule has 0 spiro atoms. The first-order valence-corrected chi connectivity index (χ1v) is 7.53. The number of rotatable bonds is 3. The molecule has 20 heavy (non-hydrogen) atoms. The molecule has 2 aliphatic rings. The smallest absolute Gasteiger partial charge is 0.161 e. The molecular formula is C16H23NO3. The molecule has 1 N–H and O–H groups in total. The van der Waals surface area contributed by atoms with Gasteiger partial charge in [0, 0.05) is 25.7 Å². The Morgan fingerprint density at radius 2 is 1.80 bits per heavy atom. The summed E-state index contributed by atoms with van der Waals surface area (Å²) in [5, 5.41) is 3.46. The van der Waals surface area contributed by atoms with Crippen LogP contribution < -0.4 is 14.8 Å². The monoisotopic (exact) mass is 277 g/mol. The summed E-state index contributed by atoms with van der Waals surface area (Å²) in [4.78, 5) is 0. The van der Waals surface area contributed by atoms with Crippen molar-refractivity contribution in [2.75, 3.05) is 33.5 Å². The summed E-state index contributed by atoms with van der Waals surface area (Å²) in [6, 6.07) is 6.69. The van der Waals surface area contributed by atoms with Crippen LogP contribution in [-0.2, 0) is 4.74 Å². The van der Waals surface area contributed by atoms with Gasteiger partial charge in [0.1, 0.15) is 0 Å². The van der Waals surface area contributed by atoms with Crippen molar-refractivity contribution in [1.82, 2.24) is 5.32 Å². The van der Waals surface area contributed by atoms with Gasteiger partial charge in [-0.1, -0.05) is 6.07 Å². The van der Waals surface area contributed by atoms with Gasteiger partial charge in [0.2, 0.25) is 0 Å². The average Bonchev–Trinajstić information content (AvgIpc) is 2.74. The van der Waals surface area contributed by atoms with Crippen molar-refractivity contribution in [3.63, 3.8) is 0 Å². The highest BCUT2D eigenvalue weighted by atomic mass is 16.5. The molecule has 0 amide bonds. The van der Waals surface area contributed by atoms with Crippen molar-refractivity contribution < 1.29 is 14.2 Å². The lowest BCUT2D eigenvalue weighted by atomic mass is 9.87. The molecule has 0 aliphatic carbocycles. The summed E-state index contributed by atoms with van der Waals surface area (Å²) in [5.41, 5.74) is 1.28. The second-order valence-corrected chi connectivity index (χ2v) is 5.47. The molecule has 1 aromatic rings. The summed E-state index contributed by atoms with van der Waals surface area (Å²) in [5.74, 6) is 2.37. The maximum atomic E-state index is 5.79. The molecule has 2 heterocycles. The number of ether oxygens (including phenoxy) is 3. The molecular weight excluding hydrogens is 254 g/mol. The average molecular weight is 277 g/mol. The fraction of sp³-hybridized carbons (Fsp3) is 0.625. The lowest BCUT2D eigenvalue weighted by molar-refractivity contribution is 0.0546. The van der Waals surface area contributed by atoms with Crippen molar-refractivity contribution in [2.24, 2.45) is 5.92 Å². The van der Waals surface area contributed by atoms with Crippen LogP contribution in [0.25, 0.3) is 0 Å².